The lowest BCUT2D eigenvalue weighted by Crippen LogP contribution is -2.31. The van der Waals surface area contributed by atoms with Crippen LogP contribution in [0.3, 0.4) is 0 Å². The van der Waals surface area contributed by atoms with Crippen molar-refractivity contribution >= 4 is 15.7 Å². The van der Waals surface area contributed by atoms with Gasteiger partial charge >= 0.3 is 0 Å². The Bertz CT molecular complexity index is 550. The van der Waals surface area contributed by atoms with E-state index in [1.807, 2.05) is 0 Å². The van der Waals surface area contributed by atoms with E-state index in [1.165, 1.54) is 12.1 Å². The Labute approximate surface area is 111 Å². The molecule has 0 aliphatic heterocycles. The number of benzene rings is 1. The molecule has 0 bridgehead atoms. The zero-order valence-electron chi connectivity index (χ0n) is 10.4. The smallest absolute Gasteiger partial charge is 0.245 e. The molecule has 0 radical (unpaired) electrons. The molecular formula is C12H17FN2O3S. The number of halogens is 1. The van der Waals surface area contributed by atoms with E-state index in [1.54, 1.807) is 0 Å². The van der Waals surface area contributed by atoms with Gasteiger partial charge in [-0.2, -0.15) is 0 Å². The van der Waals surface area contributed by atoms with E-state index in [4.69, 9.17) is 10.8 Å². The summed E-state index contributed by atoms with van der Waals surface area (Å²) in [6.07, 6.45) is 2.27. The number of hydrogen-bond donors (Lipinski definition) is 3. The van der Waals surface area contributed by atoms with Gasteiger partial charge in [-0.15, -0.1) is 0 Å². The van der Waals surface area contributed by atoms with Gasteiger partial charge in [-0.3, -0.25) is 0 Å². The molecule has 1 aromatic rings. The highest BCUT2D eigenvalue weighted by Gasteiger charge is 2.42. The Kier molecular flexibility index (Phi) is 3.80. The van der Waals surface area contributed by atoms with E-state index in [2.05, 4.69) is 4.72 Å². The molecule has 0 saturated heterocycles. The molecule has 2 rings (SSSR count). The van der Waals surface area contributed by atoms with E-state index in [-0.39, 0.29) is 24.3 Å². The van der Waals surface area contributed by atoms with E-state index in [0.29, 0.717) is 6.42 Å². The van der Waals surface area contributed by atoms with Crippen LogP contribution in [0.5, 0.6) is 0 Å². The molecule has 1 aliphatic rings. The van der Waals surface area contributed by atoms with Crippen LogP contribution in [-0.4, -0.2) is 26.7 Å². The van der Waals surface area contributed by atoms with Crippen LogP contribution in [0.25, 0.3) is 0 Å². The zero-order chi connectivity index (χ0) is 14.1. The van der Waals surface area contributed by atoms with Crippen LogP contribution in [0.1, 0.15) is 19.3 Å². The van der Waals surface area contributed by atoms with E-state index in [9.17, 15) is 12.8 Å². The number of sulfonamides is 1. The maximum absolute atomic E-state index is 13.6. The number of nitrogens with one attached hydrogen (secondary N) is 1. The molecule has 0 heterocycles. The number of hydrogen-bond acceptors (Lipinski definition) is 4. The first-order chi connectivity index (χ1) is 8.90. The minimum absolute atomic E-state index is 0.0174. The summed E-state index contributed by atoms with van der Waals surface area (Å²) in [7, 11) is -3.96. The van der Waals surface area contributed by atoms with Gasteiger partial charge in [-0.1, -0.05) is 6.07 Å². The van der Waals surface area contributed by atoms with Gasteiger partial charge < -0.3 is 10.8 Å². The molecule has 1 fully saturated rings. The second-order valence-electron chi connectivity index (χ2n) is 4.96. The summed E-state index contributed by atoms with van der Waals surface area (Å²) < 4.78 is 40.1. The fourth-order valence-corrected chi connectivity index (χ4v) is 3.40. The van der Waals surface area contributed by atoms with Crippen LogP contribution in [0.15, 0.2) is 23.1 Å². The summed E-state index contributed by atoms with van der Waals surface area (Å²) in [5.41, 5.74) is 5.23. The summed E-state index contributed by atoms with van der Waals surface area (Å²) in [5.74, 6) is -0.862. The van der Waals surface area contributed by atoms with Crippen molar-refractivity contribution in [1.29, 1.82) is 0 Å². The fourth-order valence-electron chi connectivity index (χ4n) is 2.06. The summed E-state index contributed by atoms with van der Waals surface area (Å²) in [6, 6.07) is 3.77. The lowest BCUT2D eigenvalue weighted by Gasteiger charge is -2.15. The van der Waals surface area contributed by atoms with Gasteiger partial charge in [0.05, 0.1) is 5.69 Å². The first-order valence-corrected chi connectivity index (χ1v) is 7.53. The van der Waals surface area contributed by atoms with Crippen LogP contribution >= 0.6 is 0 Å². The van der Waals surface area contributed by atoms with Gasteiger partial charge in [0, 0.05) is 13.2 Å². The summed E-state index contributed by atoms with van der Waals surface area (Å²) >= 11 is 0. The second-order valence-corrected chi connectivity index (χ2v) is 6.66. The van der Waals surface area contributed by atoms with Crippen molar-refractivity contribution in [2.24, 2.45) is 5.41 Å². The molecule has 0 amide bonds. The maximum Gasteiger partial charge on any atom is 0.245 e. The normalized spacial score (nSPS) is 17.4. The van der Waals surface area contributed by atoms with Crippen molar-refractivity contribution in [3.63, 3.8) is 0 Å². The Morgan fingerprint density at radius 1 is 1.42 bits per heavy atom. The van der Waals surface area contributed by atoms with Gasteiger partial charge in [0.1, 0.15) is 10.7 Å². The van der Waals surface area contributed by atoms with Crippen LogP contribution in [0, 0.1) is 11.2 Å². The standard InChI is InChI=1S/C12H17FN2O3S/c13-9-2-1-3-10(14)11(9)19(17,18)15-8-12(4-5-12)6-7-16/h1-3,15-16H,4-8,14H2. The average molecular weight is 288 g/mol. The molecule has 106 valence electrons. The first kappa shape index (κ1) is 14.2. The predicted octanol–water partition coefficient (Wildman–Crippen LogP) is 0.849. The molecule has 1 aromatic carbocycles. The minimum Gasteiger partial charge on any atom is -0.398 e. The largest absolute Gasteiger partial charge is 0.398 e. The fraction of sp³-hybridized carbons (Fsp3) is 0.500. The Hall–Kier alpha value is -1.18. The molecular weight excluding hydrogens is 271 g/mol. The lowest BCUT2D eigenvalue weighted by molar-refractivity contribution is 0.249. The summed E-state index contributed by atoms with van der Waals surface area (Å²) in [6.45, 7) is 0.216. The third kappa shape index (κ3) is 3.05. The number of aliphatic hydroxyl groups is 1. The molecule has 0 aromatic heterocycles. The second kappa shape index (κ2) is 5.07. The molecule has 0 atom stereocenters. The molecule has 7 heteroatoms. The molecule has 0 spiro atoms. The number of nitrogen functional groups attached to an aromatic ring is 1. The van der Waals surface area contributed by atoms with Gasteiger partial charge in [0.2, 0.25) is 10.0 Å². The van der Waals surface area contributed by atoms with Crippen LogP contribution in [-0.2, 0) is 10.0 Å². The number of rotatable bonds is 6. The SMILES string of the molecule is Nc1cccc(F)c1S(=O)(=O)NCC1(CCO)CC1. The monoisotopic (exact) mass is 288 g/mol. The zero-order valence-corrected chi connectivity index (χ0v) is 11.2. The topological polar surface area (TPSA) is 92.4 Å². The van der Waals surface area contributed by atoms with Gasteiger partial charge in [0.15, 0.2) is 0 Å². The van der Waals surface area contributed by atoms with Gasteiger partial charge in [-0.25, -0.2) is 17.5 Å². The third-order valence-electron chi connectivity index (χ3n) is 3.50. The average Bonchev–Trinajstić information content (AvgIpc) is 3.07. The highest BCUT2D eigenvalue weighted by molar-refractivity contribution is 7.89. The van der Waals surface area contributed by atoms with E-state index < -0.39 is 20.7 Å². The first-order valence-electron chi connectivity index (χ1n) is 6.05. The number of anilines is 1. The highest BCUT2D eigenvalue weighted by atomic mass is 32.2. The maximum atomic E-state index is 13.6. The number of nitrogens with two attached hydrogens (primary N) is 1. The molecule has 1 aliphatic carbocycles. The summed E-state index contributed by atoms with van der Waals surface area (Å²) in [5, 5.41) is 8.92. The molecule has 1 saturated carbocycles. The molecule has 4 N–H and O–H groups in total. The van der Waals surface area contributed by atoms with Crippen molar-refractivity contribution in [1.82, 2.24) is 4.72 Å². The summed E-state index contributed by atoms with van der Waals surface area (Å²) in [4.78, 5) is -0.505. The van der Waals surface area contributed by atoms with Crippen molar-refractivity contribution < 1.29 is 17.9 Å². The third-order valence-corrected chi connectivity index (χ3v) is 5.00. The van der Waals surface area contributed by atoms with E-state index >= 15 is 0 Å². The molecule has 0 unspecified atom stereocenters. The van der Waals surface area contributed by atoms with Crippen molar-refractivity contribution in [2.45, 2.75) is 24.2 Å². The Morgan fingerprint density at radius 2 is 2.11 bits per heavy atom. The number of aliphatic hydroxyl groups excluding tert-OH is 1. The van der Waals surface area contributed by atoms with Crippen molar-refractivity contribution in [3.05, 3.63) is 24.0 Å². The Morgan fingerprint density at radius 3 is 2.63 bits per heavy atom. The van der Waals surface area contributed by atoms with Crippen molar-refractivity contribution in [3.8, 4) is 0 Å². The van der Waals surface area contributed by atoms with Crippen molar-refractivity contribution in [2.75, 3.05) is 18.9 Å². The van der Waals surface area contributed by atoms with E-state index in [0.717, 1.165) is 18.9 Å². The molecule has 19 heavy (non-hydrogen) atoms. The van der Waals surface area contributed by atoms with Crippen LogP contribution in [0.4, 0.5) is 10.1 Å². The predicted molar refractivity (Wildman–Crippen MR) is 69.4 cm³/mol. The van der Waals surface area contributed by atoms with Crippen LogP contribution in [0.2, 0.25) is 0 Å². The lowest BCUT2D eigenvalue weighted by atomic mass is 10.0. The highest BCUT2D eigenvalue weighted by Crippen LogP contribution is 2.48. The van der Waals surface area contributed by atoms with Crippen LogP contribution < -0.4 is 10.5 Å². The quantitative estimate of drug-likeness (QED) is 0.677. The molecule has 5 nitrogen and oxygen atoms in total. The Balaban J connectivity index is 2.15. The minimum atomic E-state index is -3.96. The van der Waals surface area contributed by atoms with Gasteiger partial charge in [0.25, 0.3) is 0 Å². The van der Waals surface area contributed by atoms with Gasteiger partial charge in [-0.05, 0) is 36.8 Å².